The lowest BCUT2D eigenvalue weighted by Crippen LogP contribution is -2.42. The summed E-state index contributed by atoms with van der Waals surface area (Å²) in [5, 5.41) is 6.23. The van der Waals surface area contributed by atoms with Gasteiger partial charge in [0.15, 0.2) is 0 Å². The molecule has 0 unspecified atom stereocenters. The third-order valence-electron chi connectivity index (χ3n) is 5.84. The van der Waals surface area contributed by atoms with E-state index in [2.05, 4.69) is 10.6 Å². The van der Waals surface area contributed by atoms with Crippen LogP contribution < -0.4 is 10.6 Å². The molecule has 32 heavy (non-hydrogen) atoms. The number of amides is 3. The van der Waals surface area contributed by atoms with E-state index in [-0.39, 0.29) is 22.7 Å². The Morgan fingerprint density at radius 3 is 2.25 bits per heavy atom. The molecule has 1 saturated carbocycles. The van der Waals surface area contributed by atoms with Crippen molar-refractivity contribution in [2.24, 2.45) is 0 Å². The molecule has 0 radical (unpaired) electrons. The second-order valence-corrected chi connectivity index (χ2v) is 8.87. The van der Waals surface area contributed by atoms with Gasteiger partial charge in [0.2, 0.25) is 0 Å². The minimum atomic E-state index is -0.446. The Kier molecular flexibility index (Phi) is 6.53. The number of nitrogens with zero attached hydrogens (tertiary/aromatic N) is 1. The first kappa shape index (κ1) is 22.4. The predicted octanol–water partition coefficient (Wildman–Crippen LogP) is 5.46. The van der Waals surface area contributed by atoms with Gasteiger partial charge in [-0.25, -0.2) is 0 Å². The average molecular weight is 472 g/mol. The van der Waals surface area contributed by atoms with E-state index < -0.39 is 11.8 Å². The van der Waals surface area contributed by atoms with Gasteiger partial charge >= 0.3 is 0 Å². The van der Waals surface area contributed by atoms with Gasteiger partial charge in [-0.3, -0.25) is 19.3 Å². The van der Waals surface area contributed by atoms with Crippen LogP contribution in [0.3, 0.4) is 0 Å². The molecule has 2 aromatic carbocycles. The van der Waals surface area contributed by atoms with Crippen molar-refractivity contribution in [2.75, 3.05) is 10.6 Å². The Morgan fingerprint density at radius 1 is 0.938 bits per heavy atom. The number of carbonyl (C=O) groups excluding carboxylic acids is 3. The maximum atomic E-state index is 12.9. The molecule has 8 heteroatoms. The summed E-state index contributed by atoms with van der Waals surface area (Å²) in [6, 6.07) is 11.8. The van der Waals surface area contributed by atoms with Gasteiger partial charge in [-0.05, 0) is 61.7 Å². The summed E-state index contributed by atoms with van der Waals surface area (Å²) in [7, 11) is 0. The summed E-state index contributed by atoms with van der Waals surface area (Å²) in [6.45, 7) is 1.89. The minimum absolute atomic E-state index is 0.0775. The number of carbonyl (C=O) groups is 3. The molecule has 3 amide bonds. The number of imide groups is 1. The lowest BCUT2D eigenvalue weighted by Gasteiger charge is -2.29. The predicted molar refractivity (Wildman–Crippen MR) is 126 cm³/mol. The summed E-state index contributed by atoms with van der Waals surface area (Å²) in [5.74, 6) is -1.13. The Morgan fingerprint density at radius 2 is 1.59 bits per heavy atom. The molecule has 1 heterocycles. The smallest absolute Gasteiger partial charge is 0.279 e. The molecule has 1 fully saturated rings. The fraction of sp³-hybridized carbons (Fsp3) is 0.292. The summed E-state index contributed by atoms with van der Waals surface area (Å²) in [5.41, 5.74) is 2.59. The van der Waals surface area contributed by atoms with E-state index >= 15 is 0 Å². The number of aryl methyl sites for hydroxylation is 1. The van der Waals surface area contributed by atoms with E-state index in [1.54, 1.807) is 36.4 Å². The number of rotatable bonds is 5. The quantitative estimate of drug-likeness (QED) is 0.567. The first-order valence-electron chi connectivity index (χ1n) is 10.6. The minimum Gasteiger partial charge on any atom is -0.350 e. The van der Waals surface area contributed by atoms with Gasteiger partial charge in [0, 0.05) is 28.0 Å². The van der Waals surface area contributed by atoms with E-state index in [1.165, 1.54) is 4.90 Å². The number of benzene rings is 2. The zero-order valence-corrected chi connectivity index (χ0v) is 19.1. The third-order valence-corrected chi connectivity index (χ3v) is 6.60. The highest BCUT2D eigenvalue weighted by molar-refractivity contribution is 6.48. The van der Waals surface area contributed by atoms with Crippen molar-refractivity contribution in [3.8, 4) is 0 Å². The van der Waals surface area contributed by atoms with Crippen LogP contribution in [0.15, 0.2) is 53.2 Å². The molecule has 6 nitrogen and oxygen atoms in total. The van der Waals surface area contributed by atoms with Crippen molar-refractivity contribution in [1.29, 1.82) is 0 Å². The van der Waals surface area contributed by atoms with Crippen LogP contribution in [0.25, 0.3) is 0 Å². The summed E-state index contributed by atoms with van der Waals surface area (Å²) in [4.78, 5) is 39.3. The first-order valence-corrected chi connectivity index (χ1v) is 11.3. The second-order valence-electron chi connectivity index (χ2n) is 8.08. The number of halogens is 2. The van der Waals surface area contributed by atoms with E-state index in [1.807, 2.05) is 13.0 Å². The molecule has 2 N–H and O–H groups in total. The Balaban J connectivity index is 1.44. The lowest BCUT2D eigenvalue weighted by molar-refractivity contribution is -0.140. The van der Waals surface area contributed by atoms with Crippen LogP contribution in [0.4, 0.5) is 11.4 Å². The molecule has 0 atom stereocenters. The standard InChI is InChI=1S/C24H23Cl2N3O3/c1-14-7-10-17(13-19(14)25)28-22(30)15-8-11-16(12-9-15)27-21-20(26)23(31)29(24(21)32)18-5-3-2-4-6-18/h7-13,18,27H,2-6H2,1H3,(H,28,30). The second kappa shape index (κ2) is 9.35. The van der Waals surface area contributed by atoms with Crippen LogP contribution in [0.1, 0.15) is 48.0 Å². The molecule has 0 saturated heterocycles. The Labute approximate surface area is 196 Å². The summed E-state index contributed by atoms with van der Waals surface area (Å²) in [6.07, 6.45) is 4.74. The van der Waals surface area contributed by atoms with Gasteiger partial charge in [0.25, 0.3) is 17.7 Å². The molecule has 0 spiro atoms. The van der Waals surface area contributed by atoms with Crippen LogP contribution in [0, 0.1) is 6.92 Å². The number of anilines is 2. The number of hydrogen-bond acceptors (Lipinski definition) is 4. The van der Waals surface area contributed by atoms with E-state index in [0.29, 0.717) is 22.0 Å². The van der Waals surface area contributed by atoms with Crippen molar-refractivity contribution >= 4 is 52.3 Å². The molecular weight excluding hydrogens is 449 g/mol. The summed E-state index contributed by atoms with van der Waals surface area (Å²) < 4.78 is 0. The maximum absolute atomic E-state index is 12.9. The first-order chi connectivity index (χ1) is 15.3. The molecule has 1 aliphatic heterocycles. The van der Waals surface area contributed by atoms with Crippen LogP contribution in [-0.2, 0) is 9.59 Å². The molecule has 166 valence electrons. The molecule has 2 aliphatic rings. The van der Waals surface area contributed by atoms with Gasteiger partial charge < -0.3 is 10.6 Å². The van der Waals surface area contributed by atoms with Crippen LogP contribution >= 0.6 is 23.2 Å². The zero-order chi connectivity index (χ0) is 22.8. The van der Waals surface area contributed by atoms with Crippen molar-refractivity contribution in [2.45, 2.75) is 45.1 Å². The van der Waals surface area contributed by atoms with E-state index in [4.69, 9.17) is 23.2 Å². The number of hydrogen-bond donors (Lipinski definition) is 2. The highest BCUT2D eigenvalue weighted by atomic mass is 35.5. The van der Waals surface area contributed by atoms with Gasteiger partial charge in [0.05, 0.1) is 0 Å². The van der Waals surface area contributed by atoms with Gasteiger partial charge in [-0.15, -0.1) is 0 Å². The van der Waals surface area contributed by atoms with Crippen LogP contribution in [0.2, 0.25) is 5.02 Å². The normalized spacial score (nSPS) is 17.2. The number of nitrogens with one attached hydrogen (secondary N) is 2. The maximum Gasteiger partial charge on any atom is 0.279 e. The largest absolute Gasteiger partial charge is 0.350 e. The van der Waals surface area contributed by atoms with Gasteiger partial charge in [0.1, 0.15) is 10.7 Å². The van der Waals surface area contributed by atoms with Gasteiger partial charge in [-0.2, -0.15) is 0 Å². The molecule has 1 aliphatic carbocycles. The van der Waals surface area contributed by atoms with E-state index in [9.17, 15) is 14.4 Å². The van der Waals surface area contributed by atoms with Gasteiger partial charge in [-0.1, -0.05) is 48.5 Å². The fourth-order valence-electron chi connectivity index (χ4n) is 4.02. The molecule has 0 aromatic heterocycles. The van der Waals surface area contributed by atoms with Crippen LogP contribution in [0.5, 0.6) is 0 Å². The Bertz CT molecular complexity index is 1110. The van der Waals surface area contributed by atoms with Crippen molar-refractivity contribution in [1.82, 2.24) is 4.90 Å². The van der Waals surface area contributed by atoms with E-state index in [0.717, 1.165) is 37.7 Å². The Hall–Kier alpha value is -2.83. The topological polar surface area (TPSA) is 78.5 Å². The molecule has 4 rings (SSSR count). The molecular formula is C24H23Cl2N3O3. The SMILES string of the molecule is Cc1ccc(NC(=O)c2ccc(NC3=C(Cl)C(=O)N(C4CCCCC4)C3=O)cc2)cc1Cl. The van der Waals surface area contributed by atoms with Crippen molar-refractivity contribution < 1.29 is 14.4 Å². The highest BCUT2D eigenvalue weighted by Crippen LogP contribution is 2.32. The van der Waals surface area contributed by atoms with Crippen LogP contribution in [-0.4, -0.2) is 28.7 Å². The average Bonchev–Trinajstić information content (AvgIpc) is 3.00. The van der Waals surface area contributed by atoms with Crippen molar-refractivity contribution in [3.05, 3.63) is 69.3 Å². The fourth-order valence-corrected chi connectivity index (χ4v) is 4.42. The molecule has 2 aromatic rings. The monoisotopic (exact) mass is 471 g/mol. The summed E-state index contributed by atoms with van der Waals surface area (Å²) >= 11 is 12.3. The highest BCUT2D eigenvalue weighted by Gasteiger charge is 2.42. The lowest BCUT2D eigenvalue weighted by atomic mass is 9.94. The zero-order valence-electron chi connectivity index (χ0n) is 17.6. The van der Waals surface area contributed by atoms with Crippen molar-refractivity contribution in [3.63, 3.8) is 0 Å². The molecule has 0 bridgehead atoms. The third kappa shape index (κ3) is 4.52.